The summed E-state index contributed by atoms with van der Waals surface area (Å²) in [5.74, 6) is 0. The fraction of sp³-hybridized carbons (Fsp3) is 0.692. The number of ether oxygens (including phenoxy) is 1. The van der Waals surface area contributed by atoms with Crippen molar-refractivity contribution in [2.24, 2.45) is 0 Å². The van der Waals surface area contributed by atoms with Crippen molar-refractivity contribution in [3.8, 4) is 0 Å². The van der Waals surface area contributed by atoms with Crippen LogP contribution in [0.1, 0.15) is 43.5 Å². The molecule has 0 aromatic carbocycles. The third kappa shape index (κ3) is 3.53. The van der Waals surface area contributed by atoms with Crippen LogP contribution < -0.4 is 5.32 Å². The highest BCUT2D eigenvalue weighted by atomic mass is 79.9. The fourth-order valence-electron chi connectivity index (χ4n) is 2.25. The third-order valence-electron chi connectivity index (χ3n) is 3.13. The molecule has 2 nitrogen and oxygen atoms in total. The van der Waals surface area contributed by atoms with E-state index in [1.54, 1.807) is 0 Å². The van der Waals surface area contributed by atoms with Crippen molar-refractivity contribution >= 4 is 27.3 Å². The van der Waals surface area contributed by atoms with Gasteiger partial charge in [0, 0.05) is 16.0 Å². The highest BCUT2D eigenvalue weighted by Gasteiger charge is 2.27. The van der Waals surface area contributed by atoms with Crippen molar-refractivity contribution in [3.05, 3.63) is 20.8 Å². The van der Waals surface area contributed by atoms with E-state index in [1.165, 1.54) is 28.6 Å². The monoisotopic (exact) mass is 317 g/mol. The first-order valence-electron chi connectivity index (χ1n) is 6.40. The molecule has 1 fully saturated rings. The van der Waals surface area contributed by atoms with E-state index in [1.807, 2.05) is 11.3 Å². The van der Waals surface area contributed by atoms with Gasteiger partial charge in [-0.15, -0.1) is 11.3 Å². The zero-order chi connectivity index (χ0) is 12.1. The number of rotatable bonds is 5. The second-order valence-electron chi connectivity index (χ2n) is 4.47. The molecule has 1 N–H and O–H groups in total. The Morgan fingerprint density at radius 2 is 2.47 bits per heavy atom. The zero-order valence-corrected chi connectivity index (χ0v) is 12.6. The zero-order valence-electron chi connectivity index (χ0n) is 10.2. The van der Waals surface area contributed by atoms with Gasteiger partial charge >= 0.3 is 0 Å². The largest absolute Gasteiger partial charge is 0.376 e. The summed E-state index contributed by atoms with van der Waals surface area (Å²) in [5.41, 5.74) is 0. The number of hydrogen-bond donors (Lipinski definition) is 1. The maximum Gasteiger partial charge on any atom is 0.0778 e. The highest BCUT2D eigenvalue weighted by Crippen LogP contribution is 2.34. The normalized spacial score (nSPS) is 22.6. The molecule has 2 heterocycles. The minimum atomic E-state index is 0.338. The average Bonchev–Trinajstić information content (AvgIpc) is 2.78. The van der Waals surface area contributed by atoms with Crippen molar-refractivity contribution in [1.82, 2.24) is 5.32 Å². The van der Waals surface area contributed by atoms with Gasteiger partial charge < -0.3 is 10.1 Å². The van der Waals surface area contributed by atoms with Gasteiger partial charge in [-0.2, -0.15) is 0 Å². The van der Waals surface area contributed by atoms with E-state index >= 15 is 0 Å². The van der Waals surface area contributed by atoms with Crippen LogP contribution in [-0.4, -0.2) is 19.3 Å². The topological polar surface area (TPSA) is 21.3 Å². The van der Waals surface area contributed by atoms with Crippen LogP contribution in [0.15, 0.2) is 15.9 Å². The average molecular weight is 318 g/mol. The molecule has 1 aromatic rings. The Balaban J connectivity index is 2.09. The van der Waals surface area contributed by atoms with Crippen molar-refractivity contribution in [2.45, 2.75) is 44.8 Å². The lowest BCUT2D eigenvalue weighted by molar-refractivity contribution is -0.00753. The molecule has 1 aliphatic heterocycles. The van der Waals surface area contributed by atoms with Gasteiger partial charge in [-0.3, -0.25) is 0 Å². The maximum absolute atomic E-state index is 5.94. The van der Waals surface area contributed by atoms with E-state index in [4.69, 9.17) is 4.74 Å². The van der Waals surface area contributed by atoms with Crippen molar-refractivity contribution in [3.63, 3.8) is 0 Å². The first kappa shape index (κ1) is 13.5. The minimum Gasteiger partial charge on any atom is -0.376 e. The predicted molar refractivity (Wildman–Crippen MR) is 76.6 cm³/mol. The standard InChI is InChI=1S/C13H20BrNOS/c1-2-7-15-12(11-5-3-4-8-16-11)13-10(14)6-9-17-13/h6,9,11-12,15H,2-5,7-8H2,1H3. The Bertz CT molecular complexity index is 336. The van der Waals surface area contributed by atoms with E-state index < -0.39 is 0 Å². The quantitative estimate of drug-likeness (QED) is 0.882. The summed E-state index contributed by atoms with van der Waals surface area (Å²) < 4.78 is 7.15. The predicted octanol–water partition coefficient (Wildman–Crippen LogP) is 4.12. The Kier molecular flexibility index (Phi) is 5.48. The maximum atomic E-state index is 5.94. The molecule has 17 heavy (non-hydrogen) atoms. The molecule has 1 saturated heterocycles. The summed E-state index contributed by atoms with van der Waals surface area (Å²) in [6, 6.07) is 2.48. The van der Waals surface area contributed by atoms with Gasteiger partial charge in [-0.1, -0.05) is 6.92 Å². The lowest BCUT2D eigenvalue weighted by atomic mass is 10.0. The molecule has 0 spiro atoms. The van der Waals surface area contributed by atoms with Gasteiger partial charge in [0.05, 0.1) is 12.1 Å². The molecule has 4 heteroatoms. The lowest BCUT2D eigenvalue weighted by Gasteiger charge is -2.31. The summed E-state index contributed by atoms with van der Waals surface area (Å²) >= 11 is 5.45. The number of halogens is 1. The van der Waals surface area contributed by atoms with Crippen LogP contribution in [0.5, 0.6) is 0 Å². The smallest absolute Gasteiger partial charge is 0.0778 e. The molecule has 0 saturated carbocycles. The molecule has 0 amide bonds. The molecule has 1 aromatic heterocycles. The summed E-state index contributed by atoms with van der Waals surface area (Å²) in [5, 5.41) is 5.78. The van der Waals surface area contributed by atoms with Crippen LogP contribution in [0, 0.1) is 0 Å². The van der Waals surface area contributed by atoms with Crippen molar-refractivity contribution in [2.75, 3.05) is 13.2 Å². The molecular weight excluding hydrogens is 298 g/mol. The first-order valence-corrected chi connectivity index (χ1v) is 8.08. The van der Waals surface area contributed by atoms with Crippen molar-refractivity contribution in [1.29, 1.82) is 0 Å². The van der Waals surface area contributed by atoms with Crippen molar-refractivity contribution < 1.29 is 4.74 Å². The highest BCUT2D eigenvalue weighted by molar-refractivity contribution is 9.10. The molecule has 2 atom stereocenters. The van der Waals surface area contributed by atoms with Crippen LogP contribution in [0.3, 0.4) is 0 Å². The third-order valence-corrected chi connectivity index (χ3v) is 5.08. The minimum absolute atomic E-state index is 0.338. The van der Waals surface area contributed by atoms with Gasteiger partial charge in [0.15, 0.2) is 0 Å². The van der Waals surface area contributed by atoms with E-state index in [-0.39, 0.29) is 0 Å². The van der Waals surface area contributed by atoms with E-state index in [2.05, 4.69) is 39.6 Å². The molecule has 0 bridgehead atoms. The Hall–Kier alpha value is 0.1000. The summed E-state index contributed by atoms with van der Waals surface area (Å²) in [6.45, 7) is 4.17. The molecule has 96 valence electrons. The van der Waals surface area contributed by atoms with Gasteiger partial charge in [-0.25, -0.2) is 0 Å². The second-order valence-corrected chi connectivity index (χ2v) is 6.27. The second kappa shape index (κ2) is 6.88. The SMILES string of the molecule is CCCNC(c1sccc1Br)C1CCCCO1. The van der Waals surface area contributed by atoms with Gasteiger partial charge in [0.25, 0.3) is 0 Å². The number of nitrogens with one attached hydrogen (secondary N) is 1. The molecule has 1 aliphatic rings. The van der Waals surface area contributed by atoms with Gasteiger partial charge in [0.1, 0.15) is 0 Å². The van der Waals surface area contributed by atoms with Crippen LogP contribution in [0.2, 0.25) is 0 Å². The molecule has 2 rings (SSSR count). The number of thiophene rings is 1. The fourth-order valence-corrected chi connectivity index (χ4v) is 4.00. The lowest BCUT2D eigenvalue weighted by Crippen LogP contribution is -2.36. The van der Waals surface area contributed by atoms with Gasteiger partial charge in [0.2, 0.25) is 0 Å². The Morgan fingerprint density at radius 3 is 3.06 bits per heavy atom. The molecule has 2 unspecified atom stereocenters. The first-order chi connectivity index (χ1) is 8.33. The van der Waals surface area contributed by atoms with E-state index in [0.29, 0.717) is 12.1 Å². The van der Waals surface area contributed by atoms with Crippen LogP contribution in [0.4, 0.5) is 0 Å². The molecule has 0 aliphatic carbocycles. The van der Waals surface area contributed by atoms with Crippen LogP contribution in [-0.2, 0) is 4.74 Å². The summed E-state index contributed by atoms with van der Waals surface area (Å²) in [7, 11) is 0. The van der Waals surface area contributed by atoms with E-state index in [0.717, 1.165) is 19.6 Å². The Morgan fingerprint density at radius 1 is 1.59 bits per heavy atom. The molecular formula is C13H20BrNOS. The van der Waals surface area contributed by atoms with Crippen LogP contribution in [0.25, 0.3) is 0 Å². The van der Waals surface area contributed by atoms with Crippen LogP contribution >= 0.6 is 27.3 Å². The van der Waals surface area contributed by atoms with E-state index in [9.17, 15) is 0 Å². The molecule has 0 radical (unpaired) electrons. The Labute approximate surface area is 116 Å². The van der Waals surface area contributed by atoms with Gasteiger partial charge in [-0.05, 0) is 59.6 Å². The number of hydrogen-bond acceptors (Lipinski definition) is 3. The summed E-state index contributed by atoms with van der Waals surface area (Å²) in [4.78, 5) is 1.38. The summed E-state index contributed by atoms with van der Waals surface area (Å²) in [6.07, 6.45) is 5.17.